The van der Waals surface area contributed by atoms with E-state index in [2.05, 4.69) is 13.8 Å². The van der Waals surface area contributed by atoms with Crippen molar-refractivity contribution in [1.82, 2.24) is 0 Å². The monoisotopic (exact) mass is 212 g/mol. The first-order chi connectivity index (χ1) is 7.02. The van der Waals surface area contributed by atoms with Gasteiger partial charge in [0.05, 0.1) is 17.8 Å². The quantitative estimate of drug-likeness (QED) is 0.724. The van der Waals surface area contributed by atoms with Crippen LogP contribution < -0.4 is 0 Å². The second-order valence-corrected chi connectivity index (χ2v) is 5.97. The molecular formula is C13H24O2. The summed E-state index contributed by atoms with van der Waals surface area (Å²) >= 11 is 0. The fraction of sp³-hybridized carbons (Fsp3) is 1.00. The Hall–Kier alpha value is -0.0800. The van der Waals surface area contributed by atoms with Gasteiger partial charge in [0.2, 0.25) is 0 Å². The number of rotatable bonds is 1. The molecule has 1 aliphatic heterocycles. The van der Waals surface area contributed by atoms with Gasteiger partial charge in [-0.3, -0.25) is 0 Å². The van der Waals surface area contributed by atoms with Crippen molar-refractivity contribution in [3.8, 4) is 0 Å². The average Bonchev–Trinajstić information content (AvgIpc) is 2.17. The Kier molecular flexibility index (Phi) is 3.09. The van der Waals surface area contributed by atoms with Crippen LogP contribution in [-0.2, 0) is 4.74 Å². The molecular weight excluding hydrogens is 188 g/mol. The normalized spacial score (nSPS) is 37.8. The van der Waals surface area contributed by atoms with E-state index in [-0.39, 0.29) is 5.60 Å². The first-order valence-corrected chi connectivity index (χ1v) is 6.38. The molecule has 1 atom stereocenters. The summed E-state index contributed by atoms with van der Waals surface area (Å²) in [7, 11) is 0. The molecule has 0 amide bonds. The Morgan fingerprint density at radius 2 is 1.80 bits per heavy atom. The highest BCUT2D eigenvalue weighted by Gasteiger charge is 2.44. The molecule has 2 fully saturated rings. The molecule has 1 heterocycles. The molecule has 2 heteroatoms. The molecule has 88 valence electrons. The number of aliphatic hydroxyl groups is 1. The van der Waals surface area contributed by atoms with E-state index in [4.69, 9.17) is 4.74 Å². The lowest BCUT2D eigenvalue weighted by Gasteiger charge is -2.47. The second kappa shape index (κ2) is 4.06. The molecule has 2 rings (SSSR count). The van der Waals surface area contributed by atoms with Crippen LogP contribution >= 0.6 is 0 Å². The highest BCUT2D eigenvalue weighted by atomic mass is 16.5. The lowest BCUT2D eigenvalue weighted by atomic mass is 9.70. The van der Waals surface area contributed by atoms with E-state index in [9.17, 15) is 5.11 Å². The molecule has 2 aliphatic rings. The summed E-state index contributed by atoms with van der Waals surface area (Å²) in [5.41, 5.74) is -0.577. The lowest BCUT2D eigenvalue weighted by molar-refractivity contribution is -0.170. The van der Waals surface area contributed by atoms with Crippen molar-refractivity contribution >= 4 is 0 Å². The van der Waals surface area contributed by atoms with Crippen LogP contribution in [0.3, 0.4) is 0 Å². The van der Waals surface area contributed by atoms with Crippen molar-refractivity contribution in [2.45, 2.75) is 70.0 Å². The van der Waals surface area contributed by atoms with Crippen molar-refractivity contribution in [3.05, 3.63) is 0 Å². The Labute approximate surface area is 93.0 Å². The maximum absolute atomic E-state index is 10.8. The Morgan fingerprint density at radius 3 is 2.40 bits per heavy atom. The second-order valence-electron chi connectivity index (χ2n) is 5.97. The SMILES string of the molecule is CC1(C)CC(O)(C2CCCCC2)CCO1. The van der Waals surface area contributed by atoms with Gasteiger partial charge < -0.3 is 9.84 Å². The van der Waals surface area contributed by atoms with Gasteiger partial charge in [-0.2, -0.15) is 0 Å². The summed E-state index contributed by atoms with van der Waals surface area (Å²) in [5, 5.41) is 10.8. The Morgan fingerprint density at radius 1 is 1.13 bits per heavy atom. The summed E-state index contributed by atoms with van der Waals surface area (Å²) in [5.74, 6) is 0.523. The van der Waals surface area contributed by atoms with Crippen molar-refractivity contribution < 1.29 is 9.84 Å². The van der Waals surface area contributed by atoms with E-state index in [0.717, 1.165) is 19.4 Å². The standard InChI is InChI=1S/C13H24O2/c1-12(2)10-13(14,8-9-15-12)11-6-4-3-5-7-11/h11,14H,3-10H2,1-2H3. The summed E-state index contributed by atoms with van der Waals surface area (Å²) in [6.45, 7) is 4.92. The fourth-order valence-electron chi connectivity index (χ4n) is 3.37. The van der Waals surface area contributed by atoms with Crippen molar-refractivity contribution in [1.29, 1.82) is 0 Å². The van der Waals surface area contributed by atoms with Crippen LogP contribution in [0.15, 0.2) is 0 Å². The average molecular weight is 212 g/mol. The maximum Gasteiger partial charge on any atom is 0.0724 e. The van der Waals surface area contributed by atoms with Crippen LogP contribution in [0, 0.1) is 5.92 Å². The zero-order valence-electron chi connectivity index (χ0n) is 10.1. The fourth-order valence-corrected chi connectivity index (χ4v) is 3.37. The van der Waals surface area contributed by atoms with Crippen LogP contribution in [0.5, 0.6) is 0 Å². The van der Waals surface area contributed by atoms with Gasteiger partial charge in [0.25, 0.3) is 0 Å². The van der Waals surface area contributed by atoms with E-state index < -0.39 is 5.60 Å². The first-order valence-electron chi connectivity index (χ1n) is 6.38. The summed E-state index contributed by atoms with van der Waals surface area (Å²) in [6.07, 6.45) is 8.03. The summed E-state index contributed by atoms with van der Waals surface area (Å²) in [6, 6.07) is 0. The van der Waals surface area contributed by atoms with Gasteiger partial charge in [0.1, 0.15) is 0 Å². The minimum absolute atomic E-state index is 0.134. The number of ether oxygens (including phenoxy) is 1. The predicted molar refractivity (Wildman–Crippen MR) is 60.8 cm³/mol. The lowest BCUT2D eigenvalue weighted by Crippen LogP contribution is -2.50. The first kappa shape index (κ1) is 11.4. The van der Waals surface area contributed by atoms with Gasteiger partial charge in [-0.25, -0.2) is 0 Å². The van der Waals surface area contributed by atoms with E-state index >= 15 is 0 Å². The molecule has 0 spiro atoms. The molecule has 1 aliphatic carbocycles. The van der Waals surface area contributed by atoms with Gasteiger partial charge in [-0.05, 0) is 39.0 Å². The van der Waals surface area contributed by atoms with Crippen LogP contribution in [0.4, 0.5) is 0 Å². The zero-order valence-corrected chi connectivity index (χ0v) is 10.1. The third-order valence-corrected chi connectivity index (χ3v) is 4.12. The molecule has 0 aromatic heterocycles. The molecule has 1 unspecified atom stereocenters. The molecule has 0 bridgehead atoms. The predicted octanol–water partition coefficient (Wildman–Crippen LogP) is 2.89. The molecule has 1 N–H and O–H groups in total. The zero-order chi connectivity index (χ0) is 10.9. The Balaban J connectivity index is 2.04. The van der Waals surface area contributed by atoms with Crippen LogP contribution in [0.1, 0.15) is 58.8 Å². The smallest absolute Gasteiger partial charge is 0.0724 e. The van der Waals surface area contributed by atoms with Gasteiger partial charge in [0.15, 0.2) is 0 Å². The van der Waals surface area contributed by atoms with Crippen LogP contribution in [0.2, 0.25) is 0 Å². The van der Waals surface area contributed by atoms with E-state index in [0.29, 0.717) is 5.92 Å². The van der Waals surface area contributed by atoms with E-state index in [1.807, 2.05) is 0 Å². The number of hydrogen-bond acceptors (Lipinski definition) is 2. The van der Waals surface area contributed by atoms with Gasteiger partial charge in [-0.15, -0.1) is 0 Å². The highest BCUT2D eigenvalue weighted by molar-refractivity contribution is 4.95. The maximum atomic E-state index is 10.8. The highest BCUT2D eigenvalue weighted by Crippen LogP contribution is 2.42. The van der Waals surface area contributed by atoms with Gasteiger partial charge in [-0.1, -0.05) is 19.3 Å². The molecule has 15 heavy (non-hydrogen) atoms. The molecule has 1 saturated heterocycles. The van der Waals surface area contributed by atoms with E-state index in [1.165, 1.54) is 32.1 Å². The van der Waals surface area contributed by atoms with Crippen molar-refractivity contribution in [3.63, 3.8) is 0 Å². The van der Waals surface area contributed by atoms with Crippen LogP contribution in [-0.4, -0.2) is 22.9 Å². The molecule has 0 radical (unpaired) electrons. The summed E-state index contributed by atoms with van der Waals surface area (Å²) in [4.78, 5) is 0. The minimum Gasteiger partial charge on any atom is -0.389 e. The third-order valence-electron chi connectivity index (χ3n) is 4.12. The third kappa shape index (κ3) is 2.54. The van der Waals surface area contributed by atoms with Crippen molar-refractivity contribution in [2.24, 2.45) is 5.92 Å². The molecule has 1 saturated carbocycles. The minimum atomic E-state index is -0.442. The molecule has 0 aromatic rings. The largest absolute Gasteiger partial charge is 0.389 e. The van der Waals surface area contributed by atoms with E-state index in [1.54, 1.807) is 0 Å². The topological polar surface area (TPSA) is 29.5 Å². The van der Waals surface area contributed by atoms with Gasteiger partial charge in [0, 0.05) is 6.42 Å². The number of hydrogen-bond donors (Lipinski definition) is 1. The summed E-state index contributed by atoms with van der Waals surface area (Å²) < 4.78 is 5.69. The molecule has 0 aromatic carbocycles. The Bertz CT molecular complexity index is 219. The van der Waals surface area contributed by atoms with Crippen molar-refractivity contribution in [2.75, 3.05) is 6.61 Å². The van der Waals surface area contributed by atoms with Crippen LogP contribution in [0.25, 0.3) is 0 Å². The molecule has 2 nitrogen and oxygen atoms in total. The van der Waals surface area contributed by atoms with Gasteiger partial charge >= 0.3 is 0 Å².